The molecular weight excluding hydrogens is 728 g/mol. The molecule has 3 aliphatic rings. The molecular formula is C42H48F3N5O4S. The number of alkyl halides is 1. The summed E-state index contributed by atoms with van der Waals surface area (Å²) >= 11 is 4.83. The summed E-state index contributed by atoms with van der Waals surface area (Å²) in [5.41, 5.74) is 0.225. The van der Waals surface area contributed by atoms with Crippen LogP contribution < -0.4 is 15.0 Å². The summed E-state index contributed by atoms with van der Waals surface area (Å²) in [6, 6.07) is 10.1. The highest BCUT2D eigenvalue weighted by atomic mass is 32.1. The molecule has 3 saturated heterocycles. The molecule has 3 fully saturated rings. The third-order valence-corrected chi connectivity index (χ3v) is 11.1. The molecule has 1 amide bonds. The lowest BCUT2D eigenvalue weighted by Gasteiger charge is -2.42. The van der Waals surface area contributed by atoms with Crippen LogP contribution in [0.15, 0.2) is 36.4 Å². The van der Waals surface area contributed by atoms with Crippen LogP contribution in [-0.4, -0.2) is 89.6 Å². The number of nitrogens with one attached hydrogen (secondary N) is 1. The smallest absolute Gasteiger partial charge is 0.410 e. The molecule has 1 aromatic heterocycles. The fraction of sp³-hybridized carbons (Fsp3) is 0.500. The second-order valence-electron chi connectivity index (χ2n) is 15.8. The standard InChI is InChI=1S/C42H48F3N5O4S/c1-6-25-9-7-10-26-17-30(53-24-52-5)18-31(35(25)26)36-33(44)19-32-38(37(36)45)47-34(13-15-42(55)14-8-16-46-21-27(43)20-42)48-39(32)49-22-28-11-12-29(23-49)50(28)40(51)54-41(2,3)4/h7,9-10,17-19,27-29,46,55H,6,8,11-12,14,16,20-24H2,1-5H3/t27-,28?,29?,42-/m1/s1. The predicted octanol–water partition coefficient (Wildman–Crippen LogP) is 7.99. The van der Waals surface area contributed by atoms with Gasteiger partial charge in [-0.25, -0.2) is 27.9 Å². The highest BCUT2D eigenvalue weighted by molar-refractivity contribution is 7.82. The Labute approximate surface area is 325 Å². The van der Waals surface area contributed by atoms with Gasteiger partial charge in [-0.15, -0.1) is 0 Å². The number of piperazine rings is 1. The van der Waals surface area contributed by atoms with E-state index < -0.39 is 28.2 Å². The topological polar surface area (TPSA) is 89.1 Å². The molecule has 2 bridgehead atoms. The number of aryl methyl sites for hydroxylation is 1. The van der Waals surface area contributed by atoms with Gasteiger partial charge in [0.15, 0.2) is 12.6 Å². The van der Waals surface area contributed by atoms with Crippen LogP contribution >= 0.6 is 12.6 Å². The number of anilines is 1. The lowest BCUT2D eigenvalue weighted by atomic mass is 9.92. The van der Waals surface area contributed by atoms with Crippen molar-refractivity contribution in [3.63, 3.8) is 0 Å². The zero-order valence-corrected chi connectivity index (χ0v) is 32.9. The third-order valence-electron chi connectivity index (χ3n) is 10.6. The molecule has 0 radical (unpaired) electrons. The van der Waals surface area contributed by atoms with E-state index >= 15 is 8.78 Å². The van der Waals surface area contributed by atoms with Crippen LogP contribution in [-0.2, 0) is 15.9 Å². The molecule has 1 N–H and O–H groups in total. The lowest BCUT2D eigenvalue weighted by molar-refractivity contribution is 0.0123. The SMILES string of the molecule is CCc1cccc2cc(OCOC)cc(-c3c(F)cc4c(N5CC6CCC(C5)N6C(=O)OC(C)(C)C)nc(C#C[C@]5(S)CCCNC[C@H](F)C5)nc4c3F)c12. The Morgan fingerprint density at radius 2 is 1.89 bits per heavy atom. The van der Waals surface area contributed by atoms with Crippen molar-refractivity contribution < 1.29 is 32.2 Å². The number of carbonyl (C=O) groups is 1. The number of amides is 1. The van der Waals surface area contributed by atoms with Crippen molar-refractivity contribution in [3.05, 3.63) is 59.4 Å². The highest BCUT2D eigenvalue weighted by Crippen LogP contribution is 2.42. The number of ether oxygens (including phenoxy) is 3. The van der Waals surface area contributed by atoms with E-state index in [4.69, 9.17) is 31.8 Å². The third kappa shape index (κ3) is 8.18. The Morgan fingerprint density at radius 1 is 1.13 bits per heavy atom. The summed E-state index contributed by atoms with van der Waals surface area (Å²) in [6.45, 7) is 9.05. The van der Waals surface area contributed by atoms with Crippen LogP contribution in [0.1, 0.15) is 71.2 Å². The molecule has 3 aromatic carbocycles. The highest BCUT2D eigenvalue weighted by Gasteiger charge is 2.45. The molecule has 4 atom stereocenters. The Hall–Kier alpha value is -4.25. The van der Waals surface area contributed by atoms with Crippen molar-refractivity contribution in [2.45, 2.75) is 94.8 Å². The van der Waals surface area contributed by atoms with Gasteiger partial charge in [0.25, 0.3) is 0 Å². The Morgan fingerprint density at radius 3 is 2.60 bits per heavy atom. The van der Waals surface area contributed by atoms with Gasteiger partial charge in [-0.1, -0.05) is 31.0 Å². The van der Waals surface area contributed by atoms with Gasteiger partial charge in [-0.2, -0.15) is 12.6 Å². The van der Waals surface area contributed by atoms with E-state index in [2.05, 4.69) is 22.1 Å². The molecule has 55 heavy (non-hydrogen) atoms. The van der Waals surface area contributed by atoms with Gasteiger partial charge < -0.3 is 24.4 Å². The van der Waals surface area contributed by atoms with Crippen LogP contribution in [0.25, 0.3) is 32.8 Å². The van der Waals surface area contributed by atoms with E-state index in [0.717, 1.165) is 30.2 Å². The number of rotatable bonds is 6. The summed E-state index contributed by atoms with van der Waals surface area (Å²) in [7, 11) is 1.50. The van der Waals surface area contributed by atoms with Gasteiger partial charge in [0, 0.05) is 38.6 Å². The molecule has 0 spiro atoms. The summed E-state index contributed by atoms with van der Waals surface area (Å²) in [6.07, 6.45) is 1.98. The summed E-state index contributed by atoms with van der Waals surface area (Å²) in [4.78, 5) is 26.5. The molecule has 0 saturated carbocycles. The first kappa shape index (κ1) is 39.0. The molecule has 7 rings (SSSR count). The second-order valence-corrected chi connectivity index (χ2v) is 16.6. The Bertz CT molecular complexity index is 2160. The number of hydrogen-bond acceptors (Lipinski definition) is 9. The van der Waals surface area contributed by atoms with Crippen molar-refractivity contribution in [3.8, 4) is 28.7 Å². The minimum atomic E-state index is -1.15. The van der Waals surface area contributed by atoms with Gasteiger partial charge in [0.2, 0.25) is 5.82 Å². The van der Waals surface area contributed by atoms with Gasteiger partial charge >= 0.3 is 6.09 Å². The maximum atomic E-state index is 17.4. The predicted molar refractivity (Wildman–Crippen MR) is 212 cm³/mol. The van der Waals surface area contributed by atoms with Crippen LogP contribution in [0.4, 0.5) is 23.8 Å². The normalized spacial score (nSPS) is 23.0. The van der Waals surface area contributed by atoms with E-state index in [1.54, 1.807) is 11.0 Å². The van der Waals surface area contributed by atoms with Gasteiger partial charge in [-0.3, -0.25) is 4.90 Å². The van der Waals surface area contributed by atoms with E-state index in [9.17, 15) is 9.18 Å². The van der Waals surface area contributed by atoms with Crippen LogP contribution in [0.3, 0.4) is 0 Å². The molecule has 292 valence electrons. The van der Waals surface area contributed by atoms with Gasteiger partial charge in [-0.05, 0) is 105 Å². The minimum absolute atomic E-state index is 0.0150. The number of carbonyl (C=O) groups excluding carboxylic acids is 1. The molecule has 0 aliphatic carbocycles. The first-order valence-corrected chi connectivity index (χ1v) is 19.5. The number of nitrogens with zero attached hydrogens (tertiary/aromatic N) is 4. The Balaban J connectivity index is 1.39. The fourth-order valence-electron chi connectivity index (χ4n) is 8.18. The molecule has 3 aliphatic heterocycles. The molecule has 4 aromatic rings. The first-order valence-electron chi connectivity index (χ1n) is 19.0. The number of fused-ring (bicyclic) bond motifs is 4. The molecule has 2 unspecified atom stereocenters. The average molecular weight is 776 g/mol. The minimum Gasteiger partial charge on any atom is -0.468 e. The zero-order valence-electron chi connectivity index (χ0n) is 32.0. The Kier molecular flexibility index (Phi) is 11.1. The van der Waals surface area contributed by atoms with Crippen molar-refractivity contribution in [1.82, 2.24) is 20.2 Å². The summed E-state index contributed by atoms with van der Waals surface area (Å²) < 4.78 is 64.7. The van der Waals surface area contributed by atoms with E-state index in [1.807, 2.05) is 56.9 Å². The van der Waals surface area contributed by atoms with Crippen LogP contribution in [0.5, 0.6) is 5.75 Å². The average Bonchev–Trinajstić information content (AvgIpc) is 3.40. The second kappa shape index (κ2) is 15.7. The molecule has 4 heterocycles. The van der Waals surface area contributed by atoms with Crippen molar-refractivity contribution in [2.24, 2.45) is 0 Å². The molecule has 13 heteroatoms. The van der Waals surface area contributed by atoms with E-state index in [0.29, 0.717) is 55.0 Å². The number of methoxy groups -OCH3 is 1. The summed E-state index contributed by atoms with van der Waals surface area (Å²) in [5.74, 6) is 5.23. The number of thiol groups is 1. The monoisotopic (exact) mass is 775 g/mol. The largest absolute Gasteiger partial charge is 0.468 e. The van der Waals surface area contributed by atoms with Crippen LogP contribution in [0, 0.1) is 23.5 Å². The lowest BCUT2D eigenvalue weighted by Crippen LogP contribution is -2.57. The molecule has 9 nitrogen and oxygen atoms in total. The maximum absolute atomic E-state index is 17.4. The van der Waals surface area contributed by atoms with Crippen molar-refractivity contribution in [2.75, 3.05) is 45.0 Å². The summed E-state index contributed by atoms with van der Waals surface area (Å²) in [5, 5.41) is 4.74. The van der Waals surface area contributed by atoms with E-state index in [-0.39, 0.29) is 60.2 Å². The van der Waals surface area contributed by atoms with E-state index in [1.165, 1.54) is 13.2 Å². The van der Waals surface area contributed by atoms with Crippen LogP contribution in [0.2, 0.25) is 0 Å². The fourth-order valence-corrected chi connectivity index (χ4v) is 8.60. The van der Waals surface area contributed by atoms with Gasteiger partial charge in [0.1, 0.15) is 34.7 Å². The first-order chi connectivity index (χ1) is 26.3. The number of benzene rings is 3. The number of aromatic nitrogens is 2. The quantitative estimate of drug-likeness (QED) is 0.116. The van der Waals surface area contributed by atoms with Gasteiger partial charge in [0.05, 0.1) is 22.4 Å². The number of halogens is 3. The number of hydrogen-bond donors (Lipinski definition) is 2. The van der Waals surface area contributed by atoms with Crippen molar-refractivity contribution in [1.29, 1.82) is 0 Å². The zero-order chi connectivity index (χ0) is 39.1. The van der Waals surface area contributed by atoms with Crippen molar-refractivity contribution >= 4 is 46.2 Å². The maximum Gasteiger partial charge on any atom is 0.410 e.